The first-order valence-electron chi connectivity index (χ1n) is 10.4. The van der Waals surface area contributed by atoms with E-state index in [1.807, 2.05) is 73.7 Å². The SMILES string of the molecule is Cc1ccc(S(=O)(=O)NCCN=C2S/C(=C/c3ccccc3)C(=O)N2c2ccccc2)cc1. The molecule has 0 bridgehead atoms. The maximum atomic E-state index is 13.2. The number of amides is 1. The summed E-state index contributed by atoms with van der Waals surface area (Å²) in [6, 6.07) is 25.6. The fourth-order valence-electron chi connectivity index (χ4n) is 3.22. The number of hydrogen-bond acceptors (Lipinski definition) is 5. The number of carbonyl (C=O) groups excluding carboxylic acids is 1. The Bertz CT molecular complexity index is 1290. The lowest BCUT2D eigenvalue weighted by atomic mass is 10.2. The van der Waals surface area contributed by atoms with Crippen LogP contribution in [0.3, 0.4) is 0 Å². The van der Waals surface area contributed by atoms with Gasteiger partial charge in [0.2, 0.25) is 10.0 Å². The van der Waals surface area contributed by atoms with Crippen molar-refractivity contribution in [3.8, 4) is 0 Å². The summed E-state index contributed by atoms with van der Waals surface area (Å²) in [6.07, 6.45) is 1.84. The molecule has 0 spiro atoms. The highest BCUT2D eigenvalue weighted by atomic mass is 32.2. The van der Waals surface area contributed by atoms with Gasteiger partial charge in [0.15, 0.2) is 5.17 Å². The zero-order chi connectivity index (χ0) is 23.3. The van der Waals surface area contributed by atoms with Gasteiger partial charge in [0.25, 0.3) is 5.91 Å². The monoisotopic (exact) mass is 477 g/mol. The molecular weight excluding hydrogens is 454 g/mol. The van der Waals surface area contributed by atoms with Gasteiger partial charge in [0, 0.05) is 6.54 Å². The Morgan fingerprint density at radius 2 is 1.58 bits per heavy atom. The normalized spacial score (nSPS) is 16.6. The maximum absolute atomic E-state index is 13.2. The predicted molar refractivity (Wildman–Crippen MR) is 135 cm³/mol. The summed E-state index contributed by atoms with van der Waals surface area (Å²) in [4.78, 5) is 20.1. The lowest BCUT2D eigenvalue weighted by Crippen LogP contribution is -2.30. The van der Waals surface area contributed by atoms with Gasteiger partial charge in [0.1, 0.15) is 0 Å². The molecule has 1 N–H and O–H groups in total. The first kappa shape index (κ1) is 23.0. The van der Waals surface area contributed by atoms with E-state index in [0.717, 1.165) is 11.1 Å². The van der Waals surface area contributed by atoms with Crippen LogP contribution in [0.15, 0.2) is 99.7 Å². The van der Waals surface area contributed by atoms with Gasteiger partial charge in [-0.3, -0.25) is 14.7 Å². The summed E-state index contributed by atoms with van der Waals surface area (Å²) in [5.74, 6) is -0.158. The molecule has 6 nitrogen and oxygen atoms in total. The van der Waals surface area contributed by atoms with Gasteiger partial charge < -0.3 is 0 Å². The van der Waals surface area contributed by atoms with Crippen molar-refractivity contribution in [1.82, 2.24) is 4.72 Å². The molecule has 0 radical (unpaired) electrons. The largest absolute Gasteiger partial charge is 0.271 e. The topological polar surface area (TPSA) is 78.8 Å². The van der Waals surface area contributed by atoms with Crippen LogP contribution in [0.2, 0.25) is 0 Å². The molecule has 0 atom stereocenters. The van der Waals surface area contributed by atoms with Gasteiger partial charge in [-0.2, -0.15) is 0 Å². The number of hydrogen-bond donors (Lipinski definition) is 1. The van der Waals surface area contributed by atoms with Crippen molar-refractivity contribution in [3.05, 3.63) is 101 Å². The Kier molecular flexibility index (Phi) is 7.08. The summed E-state index contributed by atoms with van der Waals surface area (Å²) in [6.45, 7) is 2.22. The summed E-state index contributed by atoms with van der Waals surface area (Å²) in [5, 5.41) is 0.517. The van der Waals surface area contributed by atoms with Gasteiger partial charge in [-0.05, 0) is 54.6 Å². The standard InChI is InChI=1S/C25H23N3O3S2/c1-19-12-14-22(15-13-19)33(30,31)27-17-16-26-25-28(21-10-6-3-7-11-21)24(29)23(32-25)18-20-8-4-2-5-9-20/h2-15,18,27H,16-17H2,1H3/b23-18+,26-25?. The van der Waals surface area contributed by atoms with Gasteiger partial charge in [0.05, 0.1) is 22.0 Å². The van der Waals surface area contributed by atoms with Gasteiger partial charge in [-0.25, -0.2) is 13.1 Å². The number of amidine groups is 1. The van der Waals surface area contributed by atoms with Crippen molar-refractivity contribution in [3.63, 3.8) is 0 Å². The average Bonchev–Trinajstić information content (AvgIpc) is 3.13. The van der Waals surface area contributed by atoms with E-state index in [1.165, 1.54) is 11.8 Å². The fraction of sp³-hybridized carbons (Fsp3) is 0.120. The van der Waals surface area contributed by atoms with Crippen LogP contribution in [0.5, 0.6) is 0 Å². The number of para-hydroxylation sites is 1. The molecule has 3 aromatic rings. The molecule has 1 aliphatic heterocycles. The second-order valence-corrected chi connectivity index (χ2v) is 10.1. The number of nitrogens with zero attached hydrogens (tertiary/aromatic N) is 2. The van der Waals surface area contributed by atoms with Crippen LogP contribution in [0.4, 0.5) is 5.69 Å². The van der Waals surface area contributed by atoms with Crippen molar-refractivity contribution in [2.24, 2.45) is 4.99 Å². The van der Waals surface area contributed by atoms with E-state index in [9.17, 15) is 13.2 Å². The maximum Gasteiger partial charge on any atom is 0.271 e. The lowest BCUT2D eigenvalue weighted by Gasteiger charge is -2.15. The highest BCUT2D eigenvalue weighted by molar-refractivity contribution is 8.19. The van der Waals surface area contributed by atoms with Crippen LogP contribution in [0.25, 0.3) is 6.08 Å². The van der Waals surface area contributed by atoms with E-state index in [0.29, 0.717) is 15.8 Å². The summed E-state index contributed by atoms with van der Waals surface area (Å²) in [5.41, 5.74) is 2.63. The molecule has 33 heavy (non-hydrogen) atoms. The molecule has 1 aliphatic rings. The second kappa shape index (κ2) is 10.2. The minimum atomic E-state index is -3.62. The number of sulfonamides is 1. The van der Waals surface area contributed by atoms with E-state index < -0.39 is 10.0 Å². The molecule has 168 valence electrons. The van der Waals surface area contributed by atoms with E-state index in [2.05, 4.69) is 9.71 Å². The Morgan fingerprint density at radius 3 is 2.24 bits per heavy atom. The van der Waals surface area contributed by atoms with Crippen LogP contribution in [0, 0.1) is 6.92 Å². The summed E-state index contributed by atoms with van der Waals surface area (Å²) < 4.78 is 27.6. The molecule has 4 rings (SSSR count). The first-order chi connectivity index (χ1) is 15.9. The van der Waals surface area contributed by atoms with Crippen LogP contribution in [-0.4, -0.2) is 32.6 Å². The van der Waals surface area contributed by atoms with E-state index in [4.69, 9.17) is 0 Å². The molecule has 1 heterocycles. The molecule has 1 amide bonds. The minimum absolute atomic E-state index is 0.120. The first-order valence-corrected chi connectivity index (χ1v) is 12.7. The molecular formula is C25H23N3O3S2. The smallest absolute Gasteiger partial charge is 0.268 e. The molecule has 0 unspecified atom stereocenters. The molecule has 1 fully saturated rings. The van der Waals surface area contributed by atoms with Crippen LogP contribution in [0.1, 0.15) is 11.1 Å². The van der Waals surface area contributed by atoms with Gasteiger partial charge in [-0.15, -0.1) is 0 Å². The van der Waals surface area contributed by atoms with Crippen LogP contribution < -0.4 is 9.62 Å². The number of anilines is 1. The van der Waals surface area contributed by atoms with Gasteiger partial charge >= 0.3 is 0 Å². The van der Waals surface area contributed by atoms with Crippen molar-refractivity contribution < 1.29 is 13.2 Å². The Hall–Kier alpha value is -3.20. The van der Waals surface area contributed by atoms with E-state index in [-0.39, 0.29) is 23.9 Å². The van der Waals surface area contributed by atoms with Crippen molar-refractivity contribution in [1.29, 1.82) is 0 Å². The lowest BCUT2D eigenvalue weighted by molar-refractivity contribution is -0.113. The van der Waals surface area contributed by atoms with E-state index in [1.54, 1.807) is 29.2 Å². The predicted octanol–water partition coefficient (Wildman–Crippen LogP) is 4.45. The Morgan fingerprint density at radius 1 is 0.939 bits per heavy atom. The highest BCUT2D eigenvalue weighted by Crippen LogP contribution is 2.35. The zero-order valence-corrected chi connectivity index (χ0v) is 19.6. The van der Waals surface area contributed by atoms with Crippen molar-refractivity contribution in [2.45, 2.75) is 11.8 Å². The quantitative estimate of drug-likeness (QED) is 0.403. The highest BCUT2D eigenvalue weighted by Gasteiger charge is 2.34. The zero-order valence-electron chi connectivity index (χ0n) is 18.0. The molecule has 1 saturated heterocycles. The van der Waals surface area contributed by atoms with Crippen molar-refractivity contribution in [2.75, 3.05) is 18.0 Å². The number of carbonyl (C=O) groups is 1. The number of aliphatic imine (C=N–C) groups is 1. The number of rotatable bonds is 7. The average molecular weight is 478 g/mol. The molecule has 8 heteroatoms. The third-order valence-corrected chi connectivity index (χ3v) is 7.38. The Labute approximate surface area is 198 Å². The number of thioether (sulfide) groups is 1. The van der Waals surface area contributed by atoms with Crippen LogP contribution in [-0.2, 0) is 14.8 Å². The summed E-state index contributed by atoms with van der Waals surface area (Å²) in [7, 11) is -3.62. The minimum Gasteiger partial charge on any atom is -0.268 e. The molecule has 0 aliphatic carbocycles. The molecule has 3 aromatic carbocycles. The third kappa shape index (κ3) is 5.60. The second-order valence-electron chi connectivity index (χ2n) is 7.37. The fourth-order valence-corrected chi connectivity index (χ4v) is 5.24. The third-order valence-electron chi connectivity index (χ3n) is 4.90. The Balaban J connectivity index is 1.52. The molecule has 0 aromatic heterocycles. The van der Waals surface area contributed by atoms with Gasteiger partial charge in [-0.1, -0.05) is 66.2 Å². The van der Waals surface area contributed by atoms with Crippen molar-refractivity contribution >= 4 is 44.6 Å². The number of aryl methyl sites for hydroxylation is 1. The summed E-state index contributed by atoms with van der Waals surface area (Å²) >= 11 is 1.28. The van der Waals surface area contributed by atoms with E-state index >= 15 is 0 Å². The number of nitrogens with one attached hydrogen (secondary N) is 1. The van der Waals surface area contributed by atoms with Crippen LogP contribution >= 0.6 is 11.8 Å². The molecule has 0 saturated carbocycles. The number of benzene rings is 3.